The number of fused-ring (bicyclic) bond motifs is 1. The summed E-state index contributed by atoms with van der Waals surface area (Å²) >= 11 is 0. The normalized spacial score (nSPS) is 11.7. The van der Waals surface area contributed by atoms with Crippen molar-refractivity contribution in [2.45, 2.75) is 26.0 Å². The molecule has 1 atom stereocenters. The van der Waals surface area contributed by atoms with Crippen molar-refractivity contribution in [2.24, 2.45) is 0 Å². The fourth-order valence-corrected chi connectivity index (χ4v) is 4.74. The summed E-state index contributed by atoms with van der Waals surface area (Å²) in [5.41, 5.74) is 7.87. The molecule has 0 aliphatic heterocycles. The van der Waals surface area contributed by atoms with Crippen molar-refractivity contribution in [3.05, 3.63) is 83.1 Å². The minimum Gasteiger partial charge on any atom is -0.496 e. The van der Waals surface area contributed by atoms with Crippen LogP contribution in [-0.4, -0.2) is 50.8 Å². The number of nitrogens with two attached hydrogens (primary N) is 1. The van der Waals surface area contributed by atoms with Crippen LogP contribution in [0.2, 0.25) is 0 Å². The first-order chi connectivity index (χ1) is 20.2. The van der Waals surface area contributed by atoms with Gasteiger partial charge in [-0.05, 0) is 48.4 Å². The number of nitrogen functional groups attached to an aromatic ring is 1. The molecule has 4 rings (SSSR count). The van der Waals surface area contributed by atoms with Crippen LogP contribution in [0.15, 0.2) is 54.7 Å². The lowest BCUT2D eigenvalue weighted by atomic mass is 9.93. The number of hydrogen-bond acceptors (Lipinski definition) is 8. The van der Waals surface area contributed by atoms with Gasteiger partial charge in [0, 0.05) is 35.9 Å². The molecule has 3 aromatic carbocycles. The highest BCUT2D eigenvalue weighted by atomic mass is 19.1. The molecular formula is C31H31F2N3O6. The molecular weight excluding hydrogens is 548 g/mol. The first kappa shape index (κ1) is 30.2. The summed E-state index contributed by atoms with van der Waals surface area (Å²) < 4.78 is 50.7. The lowest BCUT2D eigenvalue weighted by Crippen LogP contribution is -2.43. The molecule has 4 aromatic rings. The molecule has 0 aliphatic carbocycles. The summed E-state index contributed by atoms with van der Waals surface area (Å²) in [6.45, 7) is 2.85. The Kier molecular flexibility index (Phi) is 9.53. The lowest BCUT2D eigenvalue weighted by molar-refractivity contribution is -0.142. The van der Waals surface area contributed by atoms with Gasteiger partial charge >= 0.3 is 5.97 Å². The predicted molar refractivity (Wildman–Crippen MR) is 153 cm³/mol. The number of carbonyl (C=O) groups excluding carboxylic acids is 2. The summed E-state index contributed by atoms with van der Waals surface area (Å²) in [5, 5.41) is 3.07. The molecule has 0 fully saturated rings. The quantitative estimate of drug-likeness (QED) is 0.191. The molecule has 9 nitrogen and oxygen atoms in total. The molecule has 0 saturated carbocycles. The van der Waals surface area contributed by atoms with Gasteiger partial charge in [-0.25, -0.2) is 13.6 Å². The van der Waals surface area contributed by atoms with Crippen LogP contribution in [0.5, 0.6) is 11.5 Å². The van der Waals surface area contributed by atoms with Gasteiger partial charge in [0.05, 0.1) is 39.0 Å². The van der Waals surface area contributed by atoms with E-state index in [2.05, 4.69) is 10.3 Å². The van der Waals surface area contributed by atoms with Crippen LogP contribution in [0.1, 0.15) is 28.4 Å². The van der Waals surface area contributed by atoms with Crippen molar-refractivity contribution in [3.63, 3.8) is 0 Å². The molecule has 1 aromatic heterocycles. The molecule has 42 heavy (non-hydrogen) atoms. The highest BCUT2D eigenvalue weighted by molar-refractivity contribution is 6.00. The molecule has 11 heteroatoms. The van der Waals surface area contributed by atoms with E-state index in [0.29, 0.717) is 52.3 Å². The van der Waals surface area contributed by atoms with Crippen LogP contribution in [-0.2, 0) is 27.3 Å². The molecule has 0 saturated heterocycles. The maximum Gasteiger partial charge on any atom is 0.328 e. The van der Waals surface area contributed by atoms with Crippen LogP contribution in [0.4, 0.5) is 14.5 Å². The Morgan fingerprint density at radius 1 is 1.00 bits per heavy atom. The summed E-state index contributed by atoms with van der Waals surface area (Å²) in [6.07, 6.45) is 1.57. The zero-order chi connectivity index (χ0) is 30.4. The number of pyridine rings is 1. The smallest absolute Gasteiger partial charge is 0.328 e. The number of benzene rings is 3. The van der Waals surface area contributed by atoms with Crippen LogP contribution < -0.4 is 20.5 Å². The average molecular weight is 580 g/mol. The Labute approximate surface area is 241 Å². The monoisotopic (exact) mass is 579 g/mol. The second kappa shape index (κ2) is 13.3. The van der Waals surface area contributed by atoms with Gasteiger partial charge in [-0.2, -0.15) is 0 Å². The van der Waals surface area contributed by atoms with Crippen molar-refractivity contribution < 1.29 is 37.3 Å². The van der Waals surface area contributed by atoms with E-state index in [1.807, 2.05) is 31.2 Å². The van der Waals surface area contributed by atoms with E-state index in [-0.39, 0.29) is 12.1 Å². The van der Waals surface area contributed by atoms with Crippen molar-refractivity contribution in [1.82, 2.24) is 10.3 Å². The maximum absolute atomic E-state index is 14.4. The molecule has 0 bridgehead atoms. The minimum atomic E-state index is -1.27. The molecule has 0 aliphatic rings. The predicted octanol–water partition coefficient (Wildman–Crippen LogP) is 4.83. The molecule has 220 valence electrons. The third-order valence-corrected chi connectivity index (χ3v) is 6.67. The Balaban J connectivity index is 1.76. The topological polar surface area (TPSA) is 122 Å². The van der Waals surface area contributed by atoms with E-state index in [1.165, 1.54) is 0 Å². The largest absolute Gasteiger partial charge is 0.496 e. The maximum atomic E-state index is 14.4. The van der Waals surface area contributed by atoms with E-state index < -0.39 is 35.1 Å². The second-order valence-electron chi connectivity index (χ2n) is 9.30. The SMILES string of the molecule is CCOCc1cc(OC)c(-c2ccc(C[C@H](NC(=O)c3c(F)cc(N)cc3F)C(=O)OC)c3cccnc23)c(OC)c1. The highest BCUT2D eigenvalue weighted by Gasteiger charge is 2.28. The highest BCUT2D eigenvalue weighted by Crippen LogP contribution is 2.43. The Morgan fingerprint density at radius 3 is 2.26 bits per heavy atom. The minimum absolute atomic E-state index is 0.0549. The fourth-order valence-electron chi connectivity index (χ4n) is 4.74. The van der Waals surface area contributed by atoms with E-state index in [4.69, 9.17) is 24.7 Å². The van der Waals surface area contributed by atoms with Gasteiger partial charge < -0.3 is 30.0 Å². The third kappa shape index (κ3) is 6.26. The van der Waals surface area contributed by atoms with Crippen LogP contribution in [0.25, 0.3) is 22.0 Å². The number of nitrogens with one attached hydrogen (secondary N) is 1. The van der Waals surface area contributed by atoms with Gasteiger partial charge in [-0.3, -0.25) is 9.78 Å². The Hall–Kier alpha value is -4.77. The number of hydrogen-bond donors (Lipinski definition) is 2. The second-order valence-corrected chi connectivity index (χ2v) is 9.30. The number of halogens is 2. The molecule has 0 unspecified atom stereocenters. The van der Waals surface area contributed by atoms with Crippen molar-refractivity contribution in [1.29, 1.82) is 0 Å². The average Bonchev–Trinajstić information content (AvgIpc) is 2.98. The number of ether oxygens (including phenoxy) is 4. The molecule has 0 radical (unpaired) electrons. The molecule has 3 N–H and O–H groups in total. The first-order valence-corrected chi connectivity index (χ1v) is 13.0. The lowest BCUT2D eigenvalue weighted by Gasteiger charge is -2.20. The van der Waals surface area contributed by atoms with Crippen LogP contribution >= 0.6 is 0 Å². The van der Waals surface area contributed by atoms with E-state index in [9.17, 15) is 18.4 Å². The van der Waals surface area contributed by atoms with Crippen LogP contribution in [0.3, 0.4) is 0 Å². The van der Waals surface area contributed by atoms with Gasteiger partial charge in [-0.15, -0.1) is 0 Å². The number of carbonyl (C=O) groups is 2. The fraction of sp³-hybridized carbons (Fsp3) is 0.258. The summed E-state index contributed by atoms with van der Waals surface area (Å²) in [5.74, 6) is -3.12. The number of anilines is 1. The molecule has 1 heterocycles. The van der Waals surface area contributed by atoms with Crippen molar-refractivity contribution >= 4 is 28.5 Å². The van der Waals surface area contributed by atoms with Gasteiger partial charge in [0.15, 0.2) is 0 Å². The number of nitrogens with zero attached hydrogens (tertiary/aromatic N) is 1. The van der Waals surface area contributed by atoms with E-state index >= 15 is 0 Å². The summed E-state index contributed by atoms with van der Waals surface area (Å²) in [6, 6.07) is 11.3. The van der Waals surface area contributed by atoms with Crippen molar-refractivity contribution in [3.8, 4) is 22.6 Å². The van der Waals surface area contributed by atoms with E-state index in [1.54, 1.807) is 32.5 Å². The summed E-state index contributed by atoms with van der Waals surface area (Å²) in [7, 11) is 4.27. The summed E-state index contributed by atoms with van der Waals surface area (Å²) in [4.78, 5) is 30.2. The first-order valence-electron chi connectivity index (χ1n) is 13.0. The standard InChI is InChI=1S/C31H31F2N3O6/c1-5-42-16-17-11-25(39-2)27(26(12-17)40-3)21-9-8-18(20-7-6-10-35-29(20)21)13-24(31(38)41-4)36-30(37)28-22(32)14-19(34)15-23(28)33/h6-12,14-15,24H,5,13,16,34H2,1-4H3,(H,36,37)/t24-/m0/s1. The number of esters is 1. The van der Waals surface area contributed by atoms with Gasteiger partial charge in [0.1, 0.15) is 34.7 Å². The molecule has 1 amide bonds. The zero-order valence-corrected chi connectivity index (χ0v) is 23.6. The Bertz CT molecular complexity index is 1580. The van der Waals surface area contributed by atoms with Gasteiger partial charge in [0.2, 0.25) is 0 Å². The molecule has 0 spiro atoms. The van der Waals surface area contributed by atoms with Crippen LogP contribution in [0, 0.1) is 11.6 Å². The van der Waals surface area contributed by atoms with Crippen molar-refractivity contribution in [2.75, 3.05) is 33.7 Å². The van der Waals surface area contributed by atoms with Gasteiger partial charge in [0.25, 0.3) is 5.91 Å². The zero-order valence-electron chi connectivity index (χ0n) is 23.6. The number of methoxy groups -OCH3 is 3. The number of amides is 1. The van der Waals surface area contributed by atoms with E-state index in [0.717, 1.165) is 24.8 Å². The number of aromatic nitrogens is 1. The van der Waals surface area contributed by atoms with Gasteiger partial charge in [-0.1, -0.05) is 18.2 Å². The number of rotatable bonds is 11. The Morgan fingerprint density at radius 2 is 1.67 bits per heavy atom. The third-order valence-electron chi connectivity index (χ3n) is 6.67.